The van der Waals surface area contributed by atoms with Gasteiger partial charge in [-0.3, -0.25) is 0 Å². The van der Waals surface area contributed by atoms with Crippen LogP contribution in [0.15, 0.2) is 16.0 Å². The molecule has 2 heterocycles. The second-order valence-electron chi connectivity index (χ2n) is 3.90. The highest BCUT2D eigenvalue weighted by molar-refractivity contribution is 7.13. The van der Waals surface area contributed by atoms with E-state index in [-0.39, 0.29) is 30.1 Å². The van der Waals surface area contributed by atoms with Gasteiger partial charge in [-0.25, -0.2) is 0 Å². The molecule has 2 rings (SSSR count). The quantitative estimate of drug-likeness (QED) is 0.884. The van der Waals surface area contributed by atoms with E-state index in [1.54, 1.807) is 5.38 Å². The molecule has 2 aromatic heterocycles. The largest absolute Gasteiger partial charge is 0.433 e. The Balaban J connectivity index is 0.00000200. The average Bonchev–Trinajstić information content (AvgIpc) is 2.97. The SMILES string of the molecule is CNC(C)Cc1noc(-c2sccc2OC(F)F)n1.Cl. The second kappa shape index (κ2) is 7.51. The van der Waals surface area contributed by atoms with E-state index in [1.165, 1.54) is 17.4 Å². The molecule has 0 radical (unpaired) electrons. The number of likely N-dealkylation sites (N-methyl/N-ethyl adjacent to an activating group) is 1. The van der Waals surface area contributed by atoms with Crippen LogP contribution in [0.5, 0.6) is 5.75 Å². The number of ether oxygens (including phenoxy) is 1. The third-order valence-electron chi connectivity index (χ3n) is 2.49. The summed E-state index contributed by atoms with van der Waals surface area (Å²) in [6.07, 6.45) is 0.594. The number of nitrogens with one attached hydrogen (secondary N) is 1. The van der Waals surface area contributed by atoms with Crippen LogP contribution in [-0.4, -0.2) is 29.8 Å². The molecular weight excluding hydrogens is 312 g/mol. The zero-order chi connectivity index (χ0) is 13.8. The molecular formula is C11H14ClF2N3O2S. The van der Waals surface area contributed by atoms with Crippen molar-refractivity contribution in [3.63, 3.8) is 0 Å². The van der Waals surface area contributed by atoms with Gasteiger partial charge in [-0.05, 0) is 25.4 Å². The van der Waals surface area contributed by atoms with Gasteiger partial charge in [0.25, 0.3) is 5.89 Å². The van der Waals surface area contributed by atoms with Gasteiger partial charge in [-0.1, -0.05) is 5.16 Å². The summed E-state index contributed by atoms with van der Waals surface area (Å²) < 4.78 is 33.9. The minimum absolute atomic E-state index is 0. The molecule has 0 saturated heterocycles. The van der Waals surface area contributed by atoms with E-state index >= 15 is 0 Å². The molecule has 0 bridgehead atoms. The fourth-order valence-corrected chi connectivity index (χ4v) is 2.19. The van der Waals surface area contributed by atoms with Crippen molar-refractivity contribution in [2.75, 3.05) is 7.05 Å². The zero-order valence-corrected chi connectivity index (χ0v) is 12.4. The molecule has 0 aliphatic heterocycles. The fourth-order valence-electron chi connectivity index (χ4n) is 1.45. The molecule has 0 spiro atoms. The van der Waals surface area contributed by atoms with E-state index in [4.69, 9.17) is 4.52 Å². The molecule has 1 N–H and O–H groups in total. The Morgan fingerprint density at radius 3 is 2.90 bits per heavy atom. The lowest BCUT2D eigenvalue weighted by Gasteiger charge is -2.04. The Bertz CT molecular complexity index is 535. The van der Waals surface area contributed by atoms with Crippen molar-refractivity contribution in [1.29, 1.82) is 0 Å². The maximum Gasteiger partial charge on any atom is 0.387 e. The number of nitrogens with zero attached hydrogens (tertiary/aromatic N) is 2. The molecule has 9 heteroatoms. The summed E-state index contributed by atoms with van der Waals surface area (Å²) in [7, 11) is 1.83. The Kier molecular flexibility index (Phi) is 6.31. The van der Waals surface area contributed by atoms with E-state index in [0.29, 0.717) is 17.1 Å². The summed E-state index contributed by atoms with van der Waals surface area (Å²) in [4.78, 5) is 4.59. The molecule has 0 saturated carbocycles. The summed E-state index contributed by atoms with van der Waals surface area (Å²) in [6.45, 7) is -0.896. The van der Waals surface area contributed by atoms with Gasteiger partial charge in [0.05, 0.1) is 0 Å². The minimum atomic E-state index is -2.87. The van der Waals surface area contributed by atoms with Gasteiger partial charge in [-0.15, -0.1) is 23.7 Å². The molecule has 20 heavy (non-hydrogen) atoms. The van der Waals surface area contributed by atoms with Gasteiger partial charge in [0.1, 0.15) is 10.6 Å². The summed E-state index contributed by atoms with van der Waals surface area (Å²) in [5.41, 5.74) is 0. The van der Waals surface area contributed by atoms with Crippen molar-refractivity contribution in [1.82, 2.24) is 15.5 Å². The normalized spacial score (nSPS) is 12.2. The Hall–Kier alpha value is -1.25. The Labute approximate surface area is 124 Å². The predicted molar refractivity (Wildman–Crippen MR) is 73.7 cm³/mol. The first kappa shape index (κ1) is 16.8. The van der Waals surface area contributed by atoms with E-state index in [1.807, 2.05) is 14.0 Å². The van der Waals surface area contributed by atoms with Crippen LogP contribution < -0.4 is 10.1 Å². The van der Waals surface area contributed by atoms with E-state index in [9.17, 15) is 8.78 Å². The standard InChI is InChI=1S/C11H13F2N3O2S.ClH/c1-6(14-2)5-8-15-10(18-16-8)9-7(3-4-19-9)17-11(12)13;/h3-4,6,11,14H,5H2,1-2H3;1H. The first-order chi connectivity index (χ1) is 9.10. The Morgan fingerprint density at radius 2 is 2.25 bits per heavy atom. The summed E-state index contributed by atoms with van der Waals surface area (Å²) in [5.74, 6) is 0.772. The monoisotopic (exact) mass is 325 g/mol. The minimum Gasteiger partial charge on any atom is -0.433 e. The maximum atomic E-state index is 12.2. The molecule has 2 aromatic rings. The van der Waals surface area contributed by atoms with Crippen LogP contribution in [0, 0.1) is 0 Å². The van der Waals surface area contributed by atoms with E-state index < -0.39 is 6.61 Å². The van der Waals surface area contributed by atoms with Gasteiger partial charge in [0, 0.05) is 12.5 Å². The number of rotatable bonds is 6. The van der Waals surface area contributed by atoms with Crippen molar-refractivity contribution >= 4 is 23.7 Å². The van der Waals surface area contributed by atoms with Gasteiger partial charge in [-0.2, -0.15) is 13.8 Å². The van der Waals surface area contributed by atoms with E-state index in [2.05, 4.69) is 20.2 Å². The Morgan fingerprint density at radius 1 is 1.50 bits per heavy atom. The van der Waals surface area contributed by atoms with Crippen molar-refractivity contribution in [2.24, 2.45) is 0 Å². The van der Waals surface area contributed by atoms with Crippen LogP contribution >= 0.6 is 23.7 Å². The van der Waals surface area contributed by atoms with E-state index in [0.717, 1.165) is 0 Å². The predicted octanol–water partition coefficient (Wildman–Crippen LogP) is 2.97. The molecule has 5 nitrogen and oxygen atoms in total. The highest BCUT2D eigenvalue weighted by Gasteiger charge is 2.18. The highest BCUT2D eigenvalue weighted by atomic mass is 35.5. The number of alkyl halides is 2. The smallest absolute Gasteiger partial charge is 0.387 e. The molecule has 112 valence electrons. The maximum absolute atomic E-state index is 12.2. The summed E-state index contributed by atoms with van der Waals surface area (Å²) in [5, 5.41) is 8.50. The molecule has 0 amide bonds. The van der Waals surface area contributed by atoms with Crippen molar-refractivity contribution in [2.45, 2.75) is 26.0 Å². The highest BCUT2D eigenvalue weighted by Crippen LogP contribution is 2.35. The molecule has 1 unspecified atom stereocenters. The lowest BCUT2D eigenvalue weighted by atomic mass is 10.2. The van der Waals surface area contributed by atoms with Crippen LogP contribution in [0.3, 0.4) is 0 Å². The third-order valence-corrected chi connectivity index (χ3v) is 3.37. The van der Waals surface area contributed by atoms with Crippen LogP contribution in [0.2, 0.25) is 0 Å². The molecule has 0 aromatic carbocycles. The zero-order valence-electron chi connectivity index (χ0n) is 10.8. The first-order valence-electron chi connectivity index (χ1n) is 5.62. The van der Waals surface area contributed by atoms with Crippen molar-refractivity contribution in [3.8, 4) is 16.5 Å². The third kappa shape index (κ3) is 4.12. The van der Waals surface area contributed by atoms with Gasteiger partial charge in [0.15, 0.2) is 5.82 Å². The molecule has 1 atom stereocenters. The summed E-state index contributed by atoms with van der Waals surface area (Å²) >= 11 is 1.21. The first-order valence-corrected chi connectivity index (χ1v) is 6.50. The van der Waals surface area contributed by atoms with Gasteiger partial charge >= 0.3 is 6.61 Å². The molecule has 0 fully saturated rings. The van der Waals surface area contributed by atoms with Crippen LogP contribution in [-0.2, 0) is 6.42 Å². The summed E-state index contributed by atoms with van der Waals surface area (Å²) in [6, 6.07) is 1.65. The van der Waals surface area contributed by atoms with Crippen molar-refractivity contribution < 1.29 is 18.0 Å². The van der Waals surface area contributed by atoms with Crippen LogP contribution in [0.4, 0.5) is 8.78 Å². The average molecular weight is 326 g/mol. The number of thiophene rings is 1. The topological polar surface area (TPSA) is 60.2 Å². The van der Waals surface area contributed by atoms with Gasteiger partial charge in [0.2, 0.25) is 0 Å². The lowest BCUT2D eigenvalue weighted by molar-refractivity contribution is -0.0492. The van der Waals surface area contributed by atoms with Crippen LogP contribution in [0.25, 0.3) is 10.8 Å². The lowest BCUT2D eigenvalue weighted by Crippen LogP contribution is -2.24. The number of halogens is 3. The van der Waals surface area contributed by atoms with Crippen molar-refractivity contribution in [3.05, 3.63) is 17.3 Å². The second-order valence-corrected chi connectivity index (χ2v) is 4.82. The fraction of sp³-hybridized carbons (Fsp3) is 0.455. The van der Waals surface area contributed by atoms with Crippen LogP contribution in [0.1, 0.15) is 12.7 Å². The van der Waals surface area contributed by atoms with Gasteiger partial charge < -0.3 is 14.6 Å². The molecule has 0 aliphatic rings. The number of hydrogen-bond acceptors (Lipinski definition) is 6. The molecule has 0 aliphatic carbocycles. The number of aromatic nitrogens is 2. The number of hydrogen-bond donors (Lipinski definition) is 1.